The molecule has 0 amide bonds. The van der Waals surface area contributed by atoms with E-state index in [0.29, 0.717) is 5.69 Å². The van der Waals surface area contributed by atoms with Crippen LogP contribution in [0.4, 0.5) is 10.1 Å². The second-order valence-electron chi connectivity index (χ2n) is 2.36. The van der Waals surface area contributed by atoms with Crippen LogP contribution in [-0.4, -0.2) is 6.72 Å². The number of allylic oxidation sites excluding steroid dienone is 1. The molecule has 0 aliphatic heterocycles. The molecular formula is C10H10FN. The maximum Gasteiger partial charge on any atom is 0.123 e. The SMILES string of the molecule is C=Nc1ccc(F)cc1/C=C\C. The van der Waals surface area contributed by atoms with Crippen LogP contribution in [0.5, 0.6) is 0 Å². The summed E-state index contributed by atoms with van der Waals surface area (Å²) in [5.41, 5.74) is 1.46. The Bertz CT molecular complexity index is 316. The van der Waals surface area contributed by atoms with E-state index in [1.165, 1.54) is 12.1 Å². The van der Waals surface area contributed by atoms with Gasteiger partial charge in [0, 0.05) is 5.56 Å². The number of aliphatic imine (C=N–C) groups is 1. The second kappa shape index (κ2) is 3.81. The van der Waals surface area contributed by atoms with Crippen molar-refractivity contribution in [2.75, 3.05) is 0 Å². The van der Waals surface area contributed by atoms with E-state index >= 15 is 0 Å². The molecule has 0 saturated heterocycles. The minimum Gasteiger partial charge on any atom is -0.264 e. The van der Waals surface area contributed by atoms with Crippen molar-refractivity contribution >= 4 is 18.5 Å². The zero-order valence-corrected chi connectivity index (χ0v) is 6.92. The lowest BCUT2D eigenvalue weighted by atomic mass is 10.1. The third-order valence-corrected chi connectivity index (χ3v) is 1.51. The van der Waals surface area contributed by atoms with Crippen molar-refractivity contribution in [1.82, 2.24) is 0 Å². The molecule has 62 valence electrons. The highest BCUT2D eigenvalue weighted by Crippen LogP contribution is 2.20. The van der Waals surface area contributed by atoms with Gasteiger partial charge in [-0.15, -0.1) is 0 Å². The first-order valence-corrected chi connectivity index (χ1v) is 3.67. The van der Waals surface area contributed by atoms with E-state index in [0.717, 1.165) is 5.56 Å². The van der Waals surface area contributed by atoms with Gasteiger partial charge in [0.2, 0.25) is 0 Å². The van der Waals surface area contributed by atoms with Crippen molar-refractivity contribution in [3.63, 3.8) is 0 Å². The highest BCUT2D eigenvalue weighted by Gasteiger charge is 1.97. The van der Waals surface area contributed by atoms with E-state index < -0.39 is 0 Å². The number of rotatable bonds is 2. The maximum atomic E-state index is 12.7. The summed E-state index contributed by atoms with van der Waals surface area (Å²) in [5, 5.41) is 0. The molecule has 12 heavy (non-hydrogen) atoms. The van der Waals surface area contributed by atoms with E-state index in [4.69, 9.17) is 0 Å². The van der Waals surface area contributed by atoms with Gasteiger partial charge in [-0.2, -0.15) is 0 Å². The minimum absolute atomic E-state index is 0.254. The quantitative estimate of drug-likeness (QED) is 0.594. The van der Waals surface area contributed by atoms with E-state index in [1.807, 2.05) is 13.0 Å². The summed E-state index contributed by atoms with van der Waals surface area (Å²) in [7, 11) is 0. The van der Waals surface area contributed by atoms with Crippen molar-refractivity contribution in [1.29, 1.82) is 0 Å². The third kappa shape index (κ3) is 1.78. The number of hydrogen-bond donors (Lipinski definition) is 0. The molecule has 0 unspecified atom stereocenters. The summed E-state index contributed by atoms with van der Waals surface area (Å²) >= 11 is 0. The van der Waals surface area contributed by atoms with Crippen molar-refractivity contribution < 1.29 is 4.39 Å². The summed E-state index contributed by atoms with van der Waals surface area (Å²) in [5.74, 6) is -0.254. The van der Waals surface area contributed by atoms with Crippen LogP contribution in [0.1, 0.15) is 12.5 Å². The standard InChI is InChI=1S/C10H10FN/c1-3-4-8-7-9(11)5-6-10(8)12-2/h3-7H,2H2,1H3/b4-3-. The van der Waals surface area contributed by atoms with Gasteiger partial charge in [0.25, 0.3) is 0 Å². The Morgan fingerprint density at radius 1 is 1.50 bits per heavy atom. The van der Waals surface area contributed by atoms with Crippen molar-refractivity contribution in [3.8, 4) is 0 Å². The molecule has 1 aromatic rings. The van der Waals surface area contributed by atoms with E-state index in [9.17, 15) is 4.39 Å². The average molecular weight is 163 g/mol. The summed E-state index contributed by atoms with van der Waals surface area (Å²) in [6, 6.07) is 4.42. The predicted molar refractivity (Wildman–Crippen MR) is 50.3 cm³/mol. The van der Waals surface area contributed by atoms with Gasteiger partial charge in [-0.25, -0.2) is 4.39 Å². The van der Waals surface area contributed by atoms with Crippen LogP contribution in [0.25, 0.3) is 6.08 Å². The van der Waals surface area contributed by atoms with Gasteiger partial charge >= 0.3 is 0 Å². The van der Waals surface area contributed by atoms with Gasteiger partial charge in [0.15, 0.2) is 0 Å². The molecule has 0 radical (unpaired) electrons. The molecule has 1 nitrogen and oxygen atoms in total. The second-order valence-corrected chi connectivity index (χ2v) is 2.36. The first-order chi connectivity index (χ1) is 5.77. The van der Waals surface area contributed by atoms with Gasteiger partial charge in [-0.1, -0.05) is 12.2 Å². The van der Waals surface area contributed by atoms with Crippen LogP contribution in [-0.2, 0) is 0 Å². The van der Waals surface area contributed by atoms with Gasteiger partial charge in [0.1, 0.15) is 5.82 Å². The fraction of sp³-hybridized carbons (Fsp3) is 0.100. The summed E-state index contributed by atoms with van der Waals surface area (Å²) < 4.78 is 12.7. The van der Waals surface area contributed by atoms with Crippen LogP contribution in [0.15, 0.2) is 29.3 Å². The molecule has 0 spiro atoms. The van der Waals surface area contributed by atoms with E-state index in [2.05, 4.69) is 11.7 Å². The maximum absolute atomic E-state index is 12.7. The lowest BCUT2D eigenvalue weighted by Crippen LogP contribution is -1.77. The summed E-state index contributed by atoms with van der Waals surface area (Å²) in [6.45, 7) is 5.27. The molecule has 1 aromatic carbocycles. The van der Waals surface area contributed by atoms with Gasteiger partial charge in [-0.05, 0) is 31.8 Å². The fourth-order valence-electron chi connectivity index (χ4n) is 0.982. The predicted octanol–water partition coefficient (Wildman–Crippen LogP) is 3.19. The first kappa shape index (κ1) is 8.65. The Hall–Kier alpha value is -1.44. The van der Waals surface area contributed by atoms with Crippen LogP contribution in [0.2, 0.25) is 0 Å². The molecule has 0 aliphatic rings. The highest BCUT2D eigenvalue weighted by molar-refractivity contribution is 5.65. The largest absolute Gasteiger partial charge is 0.264 e. The van der Waals surface area contributed by atoms with Crippen molar-refractivity contribution in [2.24, 2.45) is 4.99 Å². The molecule has 0 atom stereocenters. The number of nitrogens with zero attached hydrogens (tertiary/aromatic N) is 1. The molecule has 0 N–H and O–H groups in total. The number of benzene rings is 1. The lowest BCUT2D eigenvalue weighted by Gasteiger charge is -1.98. The number of hydrogen-bond acceptors (Lipinski definition) is 1. The smallest absolute Gasteiger partial charge is 0.123 e. The Labute approximate surface area is 71.3 Å². The first-order valence-electron chi connectivity index (χ1n) is 3.67. The minimum atomic E-state index is -0.254. The van der Waals surface area contributed by atoms with Gasteiger partial charge in [0.05, 0.1) is 5.69 Å². The van der Waals surface area contributed by atoms with Crippen molar-refractivity contribution in [3.05, 3.63) is 35.7 Å². The summed E-state index contributed by atoms with van der Waals surface area (Å²) in [4.78, 5) is 3.76. The van der Waals surface area contributed by atoms with E-state index in [-0.39, 0.29) is 5.82 Å². The average Bonchev–Trinajstić information content (AvgIpc) is 2.05. The fourth-order valence-corrected chi connectivity index (χ4v) is 0.982. The molecule has 2 heteroatoms. The monoisotopic (exact) mass is 163 g/mol. The van der Waals surface area contributed by atoms with Gasteiger partial charge < -0.3 is 0 Å². The van der Waals surface area contributed by atoms with Crippen molar-refractivity contribution in [2.45, 2.75) is 6.92 Å². The Kier molecular flexibility index (Phi) is 2.75. The summed E-state index contributed by atoms with van der Waals surface area (Å²) in [6.07, 6.45) is 3.64. The number of halogens is 1. The Balaban J connectivity index is 3.20. The zero-order valence-electron chi connectivity index (χ0n) is 6.92. The molecule has 1 rings (SSSR count). The van der Waals surface area contributed by atoms with Gasteiger partial charge in [-0.3, -0.25) is 4.99 Å². The topological polar surface area (TPSA) is 12.4 Å². The normalized spacial score (nSPS) is 10.5. The molecule has 0 heterocycles. The highest BCUT2D eigenvalue weighted by atomic mass is 19.1. The molecule has 0 aromatic heterocycles. The molecular weight excluding hydrogens is 153 g/mol. The van der Waals surface area contributed by atoms with Crippen LogP contribution in [0, 0.1) is 5.82 Å². The van der Waals surface area contributed by atoms with E-state index in [1.54, 1.807) is 12.1 Å². The molecule has 0 aliphatic carbocycles. The van der Waals surface area contributed by atoms with Crippen LogP contribution < -0.4 is 0 Å². The lowest BCUT2D eigenvalue weighted by molar-refractivity contribution is 0.627. The Morgan fingerprint density at radius 3 is 2.83 bits per heavy atom. The Morgan fingerprint density at radius 2 is 2.25 bits per heavy atom. The third-order valence-electron chi connectivity index (χ3n) is 1.51. The zero-order chi connectivity index (χ0) is 8.97. The van der Waals surface area contributed by atoms with Crippen LogP contribution in [0.3, 0.4) is 0 Å². The molecule has 0 saturated carbocycles. The molecule has 0 bridgehead atoms. The molecule has 0 fully saturated rings. The van der Waals surface area contributed by atoms with Crippen LogP contribution >= 0.6 is 0 Å².